The number of anilines is 1. The highest BCUT2D eigenvalue weighted by Gasteiger charge is 2.14. The van der Waals surface area contributed by atoms with E-state index in [1.165, 1.54) is 0 Å². The molecule has 1 unspecified atom stereocenters. The van der Waals surface area contributed by atoms with Gasteiger partial charge in [-0.3, -0.25) is 4.79 Å². The smallest absolute Gasteiger partial charge is 0.328 e. The van der Waals surface area contributed by atoms with Crippen molar-refractivity contribution in [2.24, 2.45) is 0 Å². The number of pyridine rings is 1. The van der Waals surface area contributed by atoms with Crippen molar-refractivity contribution in [3.8, 4) is 5.75 Å². The Morgan fingerprint density at radius 2 is 1.82 bits per heavy atom. The maximum atomic E-state index is 12.0. The first-order valence-corrected chi connectivity index (χ1v) is 12.1. The van der Waals surface area contributed by atoms with Crippen molar-refractivity contribution >= 4 is 52.2 Å². The van der Waals surface area contributed by atoms with Gasteiger partial charge in [0.2, 0.25) is 5.91 Å². The molecule has 2 N–H and O–H groups in total. The zero-order chi connectivity index (χ0) is 26.9. The maximum absolute atomic E-state index is 12.0. The van der Waals surface area contributed by atoms with Crippen LogP contribution in [0.4, 0.5) is 5.69 Å². The van der Waals surface area contributed by atoms with Crippen molar-refractivity contribution in [1.29, 1.82) is 0 Å². The molecule has 8 heteroatoms. The van der Waals surface area contributed by atoms with Crippen LogP contribution in [-0.4, -0.2) is 35.7 Å². The normalized spacial score (nSPS) is 12.2. The summed E-state index contributed by atoms with van der Waals surface area (Å²) in [6.07, 6.45) is 5.26. The van der Waals surface area contributed by atoms with Gasteiger partial charge in [-0.15, -0.1) is 0 Å². The predicted molar refractivity (Wildman–Crippen MR) is 149 cm³/mol. The molecule has 0 saturated heterocycles. The van der Waals surface area contributed by atoms with Crippen molar-refractivity contribution in [2.45, 2.75) is 6.10 Å². The number of hydrogen-bond donors (Lipinski definition) is 2. The second kappa shape index (κ2) is 12.7. The summed E-state index contributed by atoms with van der Waals surface area (Å²) in [5, 5.41) is 13.0. The molecule has 4 rings (SSSR count). The van der Waals surface area contributed by atoms with Crippen LogP contribution in [0.1, 0.15) is 22.9 Å². The van der Waals surface area contributed by atoms with Crippen LogP contribution in [0.15, 0.2) is 91.0 Å². The summed E-state index contributed by atoms with van der Waals surface area (Å²) in [6, 6.07) is 24.4. The summed E-state index contributed by atoms with van der Waals surface area (Å²) in [7, 11) is 1.60. The van der Waals surface area contributed by atoms with Crippen LogP contribution in [0.2, 0.25) is 5.02 Å². The van der Waals surface area contributed by atoms with E-state index in [0.29, 0.717) is 16.5 Å². The third-order valence-corrected chi connectivity index (χ3v) is 5.84. The van der Waals surface area contributed by atoms with Gasteiger partial charge in [-0.05, 0) is 53.6 Å². The number of carboxylic acids is 1. The summed E-state index contributed by atoms with van der Waals surface area (Å²) in [5.41, 5.74) is 3.95. The van der Waals surface area contributed by atoms with E-state index in [1.54, 1.807) is 31.4 Å². The Labute approximate surface area is 225 Å². The van der Waals surface area contributed by atoms with Gasteiger partial charge in [-0.1, -0.05) is 60.1 Å². The van der Waals surface area contributed by atoms with Crippen LogP contribution in [0.3, 0.4) is 0 Å². The minimum absolute atomic E-state index is 0.189. The van der Waals surface area contributed by atoms with Gasteiger partial charge < -0.3 is 19.9 Å². The number of rotatable bonds is 10. The fourth-order valence-corrected chi connectivity index (χ4v) is 3.89. The highest BCUT2D eigenvalue weighted by Crippen LogP contribution is 2.27. The number of halogens is 1. The highest BCUT2D eigenvalue weighted by molar-refractivity contribution is 6.31. The lowest BCUT2D eigenvalue weighted by molar-refractivity contribution is -0.131. The number of para-hydroxylation sites is 2. The van der Waals surface area contributed by atoms with Crippen LogP contribution in [0.5, 0.6) is 5.75 Å². The molecule has 0 aliphatic heterocycles. The molecule has 1 atom stereocenters. The number of benzene rings is 3. The monoisotopic (exact) mass is 528 g/mol. The number of amides is 1. The summed E-state index contributed by atoms with van der Waals surface area (Å²) >= 11 is 6.10. The Bertz CT molecular complexity index is 1520. The number of methoxy groups -OCH3 is 1. The van der Waals surface area contributed by atoms with Crippen LogP contribution in [-0.2, 0) is 14.3 Å². The first-order valence-electron chi connectivity index (χ1n) is 11.7. The van der Waals surface area contributed by atoms with E-state index in [1.807, 2.05) is 66.7 Å². The summed E-state index contributed by atoms with van der Waals surface area (Å²) in [5.74, 6) is -1.34. The number of nitrogens with zero attached hydrogens (tertiary/aromatic N) is 1. The van der Waals surface area contributed by atoms with Gasteiger partial charge >= 0.3 is 5.97 Å². The number of carboxylic acid groups (broad SMARTS) is 1. The molecule has 1 heterocycles. The van der Waals surface area contributed by atoms with Crippen LogP contribution in [0, 0.1) is 0 Å². The number of nitrogens with one attached hydrogen (secondary N) is 1. The Morgan fingerprint density at radius 1 is 1.00 bits per heavy atom. The number of aromatic nitrogens is 1. The van der Waals surface area contributed by atoms with Crippen molar-refractivity contribution in [2.75, 3.05) is 19.0 Å². The fourth-order valence-electron chi connectivity index (χ4n) is 3.73. The quantitative estimate of drug-likeness (QED) is 0.231. The van der Waals surface area contributed by atoms with Crippen molar-refractivity contribution < 1.29 is 24.2 Å². The molecule has 0 radical (unpaired) electrons. The lowest BCUT2D eigenvalue weighted by Gasteiger charge is -2.18. The Hall–Kier alpha value is -4.46. The van der Waals surface area contributed by atoms with Crippen LogP contribution >= 0.6 is 11.6 Å². The second-order valence-corrected chi connectivity index (χ2v) is 8.71. The lowest BCUT2D eigenvalue weighted by atomic mass is 10.1. The van der Waals surface area contributed by atoms with Gasteiger partial charge in [0.15, 0.2) is 0 Å². The van der Waals surface area contributed by atoms with Crippen LogP contribution < -0.4 is 10.1 Å². The SMILES string of the molecule is COC(COc1ccccc1NC(=O)C=CC(=O)O)c1cccc(/C=C/c2ccc3ccc(Cl)cc3n2)c1. The van der Waals surface area contributed by atoms with E-state index >= 15 is 0 Å². The number of fused-ring (bicyclic) bond motifs is 1. The van der Waals surface area contributed by atoms with Gasteiger partial charge in [-0.2, -0.15) is 0 Å². The van der Waals surface area contributed by atoms with Gasteiger partial charge in [0.05, 0.1) is 16.9 Å². The minimum Gasteiger partial charge on any atom is -0.488 e. The molecule has 3 aromatic carbocycles. The number of hydrogen-bond acceptors (Lipinski definition) is 5. The van der Waals surface area contributed by atoms with Crippen molar-refractivity contribution in [1.82, 2.24) is 4.98 Å². The zero-order valence-electron chi connectivity index (χ0n) is 20.5. The highest BCUT2D eigenvalue weighted by atomic mass is 35.5. The van der Waals surface area contributed by atoms with Crippen molar-refractivity contribution in [3.05, 3.63) is 113 Å². The molecule has 4 aromatic rings. The molecule has 0 aliphatic rings. The minimum atomic E-state index is -1.21. The van der Waals surface area contributed by atoms with E-state index in [4.69, 9.17) is 26.2 Å². The largest absolute Gasteiger partial charge is 0.488 e. The molecular weight excluding hydrogens is 504 g/mol. The molecule has 7 nitrogen and oxygen atoms in total. The number of ether oxygens (including phenoxy) is 2. The maximum Gasteiger partial charge on any atom is 0.328 e. The second-order valence-electron chi connectivity index (χ2n) is 8.27. The Kier molecular flexibility index (Phi) is 8.87. The fraction of sp³-hybridized carbons (Fsp3) is 0.100. The molecule has 0 fully saturated rings. The first kappa shape index (κ1) is 26.6. The number of carbonyl (C=O) groups is 2. The van der Waals surface area contributed by atoms with Gasteiger partial charge in [0.1, 0.15) is 18.5 Å². The molecule has 0 saturated carbocycles. The van der Waals surface area contributed by atoms with E-state index < -0.39 is 11.9 Å². The summed E-state index contributed by atoms with van der Waals surface area (Å²) in [6.45, 7) is 0.189. The van der Waals surface area contributed by atoms with Gasteiger partial charge in [-0.25, -0.2) is 9.78 Å². The molecule has 0 aliphatic carbocycles. The standard InChI is InChI=1S/C30H25ClN2O5/c1-37-28(19-38-27-8-3-2-7-25(27)33-29(34)15-16-30(35)36)22-6-4-5-20(17-22)9-13-24-14-11-21-10-12-23(31)18-26(21)32-24/h2-18,28H,19H2,1H3,(H,33,34)(H,35,36)/b13-9+,16-15?. The number of aliphatic carboxylic acids is 1. The zero-order valence-corrected chi connectivity index (χ0v) is 21.3. The van der Waals surface area contributed by atoms with Crippen molar-refractivity contribution in [3.63, 3.8) is 0 Å². The molecule has 0 spiro atoms. The number of carbonyl (C=O) groups excluding carboxylic acids is 1. The molecule has 38 heavy (non-hydrogen) atoms. The molecule has 1 aromatic heterocycles. The molecule has 192 valence electrons. The predicted octanol–water partition coefficient (Wildman–Crippen LogP) is 6.40. The summed E-state index contributed by atoms with van der Waals surface area (Å²) in [4.78, 5) is 27.3. The van der Waals surface area contributed by atoms with E-state index in [2.05, 4.69) is 10.3 Å². The van der Waals surface area contributed by atoms with Crippen LogP contribution in [0.25, 0.3) is 23.1 Å². The van der Waals surface area contributed by atoms with Gasteiger partial charge in [0.25, 0.3) is 0 Å². The molecule has 1 amide bonds. The average Bonchev–Trinajstić information content (AvgIpc) is 2.92. The lowest BCUT2D eigenvalue weighted by Crippen LogP contribution is -2.14. The third-order valence-electron chi connectivity index (χ3n) is 5.60. The molecule has 0 bridgehead atoms. The molecular formula is C30H25ClN2O5. The third kappa shape index (κ3) is 7.29. The average molecular weight is 529 g/mol. The van der Waals surface area contributed by atoms with E-state index in [9.17, 15) is 9.59 Å². The first-order chi connectivity index (χ1) is 18.4. The summed E-state index contributed by atoms with van der Waals surface area (Å²) < 4.78 is 11.7. The van der Waals surface area contributed by atoms with E-state index in [-0.39, 0.29) is 12.7 Å². The Balaban J connectivity index is 1.45. The topological polar surface area (TPSA) is 97.8 Å². The Morgan fingerprint density at radius 3 is 2.63 bits per heavy atom. The van der Waals surface area contributed by atoms with Gasteiger partial charge in [0, 0.05) is 29.7 Å². The van der Waals surface area contributed by atoms with E-state index in [0.717, 1.165) is 39.9 Å².